The summed E-state index contributed by atoms with van der Waals surface area (Å²) < 4.78 is 29.9. The van der Waals surface area contributed by atoms with Crippen LogP contribution in [0.3, 0.4) is 0 Å². The molecule has 2 aliphatic rings. The molecule has 22 heavy (non-hydrogen) atoms. The van der Waals surface area contributed by atoms with E-state index in [1.54, 1.807) is 0 Å². The van der Waals surface area contributed by atoms with Crippen LogP contribution in [-0.4, -0.2) is 81.8 Å². The maximum absolute atomic E-state index is 12.1. The minimum Gasteiger partial charge on any atom is -0.379 e. The van der Waals surface area contributed by atoms with E-state index in [0.29, 0.717) is 19.5 Å². The van der Waals surface area contributed by atoms with Gasteiger partial charge in [-0.05, 0) is 32.2 Å². The molecule has 1 N–H and O–H groups in total. The smallest absolute Gasteiger partial charge is 0.238 e. The second kappa shape index (κ2) is 8.24. The SMILES string of the molecule is CS(=O)(=O)N1CCCC1C(=O)NCCCCN1CCOCC1. The summed E-state index contributed by atoms with van der Waals surface area (Å²) >= 11 is 0. The van der Waals surface area contributed by atoms with Crippen LogP contribution in [0.1, 0.15) is 25.7 Å². The number of rotatable bonds is 7. The zero-order chi connectivity index (χ0) is 16.0. The first-order valence-electron chi connectivity index (χ1n) is 8.03. The van der Waals surface area contributed by atoms with Crippen LogP contribution >= 0.6 is 0 Å². The Bertz CT molecular complexity index is 463. The van der Waals surface area contributed by atoms with E-state index in [1.165, 1.54) is 10.6 Å². The lowest BCUT2D eigenvalue weighted by Gasteiger charge is -2.26. The summed E-state index contributed by atoms with van der Waals surface area (Å²) in [6.45, 7) is 5.67. The average Bonchev–Trinajstić information content (AvgIpc) is 2.97. The number of nitrogens with zero attached hydrogens (tertiary/aromatic N) is 2. The molecule has 2 saturated heterocycles. The fourth-order valence-corrected chi connectivity index (χ4v) is 4.14. The summed E-state index contributed by atoms with van der Waals surface area (Å²) in [5.41, 5.74) is 0. The Labute approximate surface area is 133 Å². The molecule has 0 spiro atoms. The average molecular weight is 333 g/mol. The highest BCUT2D eigenvalue weighted by Gasteiger charge is 2.36. The zero-order valence-electron chi connectivity index (χ0n) is 13.3. The molecule has 0 aromatic heterocycles. The van der Waals surface area contributed by atoms with E-state index in [0.717, 1.165) is 52.1 Å². The van der Waals surface area contributed by atoms with Crippen LogP contribution in [0.4, 0.5) is 0 Å². The van der Waals surface area contributed by atoms with Gasteiger partial charge in [0.05, 0.1) is 19.5 Å². The van der Waals surface area contributed by atoms with E-state index in [9.17, 15) is 13.2 Å². The number of amides is 1. The van der Waals surface area contributed by atoms with Crippen LogP contribution in [0.2, 0.25) is 0 Å². The Balaban J connectivity index is 1.63. The van der Waals surface area contributed by atoms with Crippen molar-refractivity contribution in [3.05, 3.63) is 0 Å². The molecule has 128 valence electrons. The van der Waals surface area contributed by atoms with Gasteiger partial charge in [-0.2, -0.15) is 4.31 Å². The molecular weight excluding hydrogens is 306 g/mol. The highest BCUT2D eigenvalue weighted by molar-refractivity contribution is 7.88. The van der Waals surface area contributed by atoms with E-state index in [2.05, 4.69) is 10.2 Å². The van der Waals surface area contributed by atoms with E-state index >= 15 is 0 Å². The molecule has 7 nitrogen and oxygen atoms in total. The number of unbranched alkanes of at least 4 members (excludes halogenated alkanes) is 1. The highest BCUT2D eigenvalue weighted by Crippen LogP contribution is 2.20. The quantitative estimate of drug-likeness (QED) is 0.644. The van der Waals surface area contributed by atoms with Gasteiger partial charge in [0.15, 0.2) is 0 Å². The largest absolute Gasteiger partial charge is 0.379 e. The second-order valence-electron chi connectivity index (χ2n) is 5.98. The molecule has 1 amide bonds. The summed E-state index contributed by atoms with van der Waals surface area (Å²) in [6.07, 6.45) is 4.48. The van der Waals surface area contributed by atoms with Crippen molar-refractivity contribution in [3.63, 3.8) is 0 Å². The van der Waals surface area contributed by atoms with Crippen molar-refractivity contribution in [1.29, 1.82) is 0 Å². The number of sulfonamides is 1. The molecule has 0 radical (unpaired) electrons. The van der Waals surface area contributed by atoms with Crippen LogP contribution < -0.4 is 5.32 Å². The van der Waals surface area contributed by atoms with E-state index < -0.39 is 16.1 Å². The molecule has 2 rings (SSSR count). The van der Waals surface area contributed by atoms with Gasteiger partial charge in [-0.1, -0.05) is 0 Å². The first-order chi connectivity index (χ1) is 10.5. The predicted octanol–water partition coefficient (Wildman–Crippen LogP) is -0.361. The standard InChI is InChI=1S/C14H27N3O4S/c1-22(19,20)17-8-4-5-13(17)14(18)15-6-2-3-7-16-9-11-21-12-10-16/h13H,2-12H2,1H3,(H,15,18). The molecule has 2 heterocycles. The molecule has 2 fully saturated rings. The summed E-state index contributed by atoms with van der Waals surface area (Å²) in [5.74, 6) is -0.158. The van der Waals surface area contributed by atoms with Gasteiger partial charge in [-0.15, -0.1) is 0 Å². The number of hydrogen-bond donors (Lipinski definition) is 1. The topological polar surface area (TPSA) is 79.0 Å². The minimum absolute atomic E-state index is 0.158. The predicted molar refractivity (Wildman–Crippen MR) is 84.1 cm³/mol. The number of nitrogens with one attached hydrogen (secondary N) is 1. The Morgan fingerprint density at radius 3 is 2.64 bits per heavy atom. The molecule has 0 bridgehead atoms. The maximum atomic E-state index is 12.1. The maximum Gasteiger partial charge on any atom is 0.238 e. The lowest BCUT2D eigenvalue weighted by molar-refractivity contribution is -0.124. The molecule has 8 heteroatoms. The Morgan fingerprint density at radius 1 is 1.23 bits per heavy atom. The summed E-state index contributed by atoms with van der Waals surface area (Å²) in [4.78, 5) is 14.5. The molecule has 0 aromatic carbocycles. The van der Waals surface area contributed by atoms with Gasteiger partial charge >= 0.3 is 0 Å². The Morgan fingerprint density at radius 2 is 1.95 bits per heavy atom. The Kier molecular flexibility index (Phi) is 6.61. The number of carbonyl (C=O) groups is 1. The first kappa shape index (κ1) is 17.7. The van der Waals surface area contributed by atoms with Crippen molar-refractivity contribution >= 4 is 15.9 Å². The van der Waals surface area contributed by atoms with E-state index in [1.807, 2.05) is 0 Å². The highest BCUT2D eigenvalue weighted by atomic mass is 32.2. The van der Waals surface area contributed by atoms with E-state index in [4.69, 9.17) is 4.74 Å². The summed E-state index contributed by atoms with van der Waals surface area (Å²) in [7, 11) is -3.29. The number of hydrogen-bond acceptors (Lipinski definition) is 5. The van der Waals surface area contributed by atoms with Crippen molar-refractivity contribution < 1.29 is 17.9 Å². The van der Waals surface area contributed by atoms with Gasteiger partial charge in [-0.25, -0.2) is 8.42 Å². The molecule has 2 aliphatic heterocycles. The van der Waals surface area contributed by atoms with Gasteiger partial charge in [0.25, 0.3) is 0 Å². The van der Waals surface area contributed by atoms with Crippen molar-refractivity contribution in [2.45, 2.75) is 31.7 Å². The normalized spacial score (nSPS) is 24.5. The third kappa shape index (κ3) is 5.19. The van der Waals surface area contributed by atoms with E-state index in [-0.39, 0.29) is 5.91 Å². The molecule has 1 atom stereocenters. The molecule has 0 aromatic rings. The van der Waals surface area contributed by atoms with Crippen molar-refractivity contribution in [1.82, 2.24) is 14.5 Å². The number of ether oxygens (including phenoxy) is 1. The van der Waals surface area contributed by atoms with Crippen LogP contribution in [0.25, 0.3) is 0 Å². The van der Waals surface area contributed by atoms with Gasteiger partial charge in [0.2, 0.25) is 15.9 Å². The van der Waals surface area contributed by atoms with Gasteiger partial charge in [0, 0.05) is 26.2 Å². The van der Waals surface area contributed by atoms with Gasteiger partial charge in [0.1, 0.15) is 6.04 Å². The first-order valence-corrected chi connectivity index (χ1v) is 9.88. The number of morpholine rings is 1. The Hall–Kier alpha value is -0.700. The van der Waals surface area contributed by atoms with Crippen molar-refractivity contribution in [2.24, 2.45) is 0 Å². The third-order valence-corrected chi connectivity index (χ3v) is 5.53. The molecule has 0 aliphatic carbocycles. The third-order valence-electron chi connectivity index (χ3n) is 4.24. The van der Waals surface area contributed by atoms with Crippen molar-refractivity contribution in [3.8, 4) is 0 Å². The fraction of sp³-hybridized carbons (Fsp3) is 0.929. The lowest BCUT2D eigenvalue weighted by atomic mass is 10.2. The van der Waals surface area contributed by atoms with Gasteiger partial charge in [-0.3, -0.25) is 9.69 Å². The monoisotopic (exact) mass is 333 g/mol. The summed E-state index contributed by atoms with van der Waals surface area (Å²) in [6, 6.07) is -0.519. The molecule has 1 unspecified atom stereocenters. The lowest BCUT2D eigenvalue weighted by Crippen LogP contribution is -2.45. The van der Waals surface area contributed by atoms with Crippen LogP contribution in [0.15, 0.2) is 0 Å². The fourth-order valence-electron chi connectivity index (χ4n) is 3.01. The van der Waals surface area contributed by atoms with Crippen LogP contribution in [-0.2, 0) is 19.6 Å². The number of carbonyl (C=O) groups excluding carboxylic acids is 1. The zero-order valence-corrected chi connectivity index (χ0v) is 14.1. The summed E-state index contributed by atoms with van der Waals surface area (Å²) in [5, 5.41) is 2.88. The van der Waals surface area contributed by atoms with Crippen LogP contribution in [0, 0.1) is 0 Å². The molecular formula is C14H27N3O4S. The van der Waals surface area contributed by atoms with Gasteiger partial charge < -0.3 is 10.1 Å². The van der Waals surface area contributed by atoms with Crippen molar-refractivity contribution in [2.75, 3.05) is 52.2 Å². The second-order valence-corrected chi connectivity index (χ2v) is 7.92. The van der Waals surface area contributed by atoms with Crippen LogP contribution in [0.5, 0.6) is 0 Å². The minimum atomic E-state index is -3.29. The molecule has 0 saturated carbocycles.